The van der Waals surface area contributed by atoms with Gasteiger partial charge in [0.05, 0.1) is 18.3 Å². The summed E-state index contributed by atoms with van der Waals surface area (Å²) in [7, 11) is 1.55. The SMILES string of the molecule is CCCCCCCN1CC[C@H](NC(=O)Nc2ccnc3ccc(OC)nc23)[C@H](CO)C1. The van der Waals surface area contributed by atoms with Crippen LogP contribution in [0.3, 0.4) is 0 Å². The Morgan fingerprint density at radius 2 is 2.10 bits per heavy atom. The van der Waals surface area contributed by atoms with Crippen LogP contribution in [0.5, 0.6) is 5.88 Å². The fourth-order valence-corrected chi connectivity index (χ4v) is 4.17. The van der Waals surface area contributed by atoms with Gasteiger partial charge in [-0.15, -0.1) is 0 Å². The number of amides is 2. The van der Waals surface area contributed by atoms with E-state index < -0.39 is 0 Å². The number of aromatic nitrogens is 2. The molecule has 31 heavy (non-hydrogen) atoms. The van der Waals surface area contributed by atoms with E-state index in [2.05, 4.69) is 32.4 Å². The zero-order chi connectivity index (χ0) is 22.1. The molecule has 0 saturated carbocycles. The molecular weight excluding hydrogens is 394 g/mol. The number of carbonyl (C=O) groups is 1. The summed E-state index contributed by atoms with van der Waals surface area (Å²) in [5.74, 6) is 0.494. The highest BCUT2D eigenvalue weighted by Gasteiger charge is 2.29. The van der Waals surface area contributed by atoms with Crippen LogP contribution in [0.25, 0.3) is 11.0 Å². The van der Waals surface area contributed by atoms with Crippen LogP contribution in [0.1, 0.15) is 45.4 Å². The van der Waals surface area contributed by atoms with Crippen molar-refractivity contribution < 1.29 is 14.6 Å². The maximum Gasteiger partial charge on any atom is 0.319 e. The largest absolute Gasteiger partial charge is 0.481 e. The van der Waals surface area contributed by atoms with E-state index in [9.17, 15) is 9.90 Å². The summed E-state index contributed by atoms with van der Waals surface area (Å²) in [6.07, 6.45) is 8.78. The number of aliphatic hydroxyl groups is 1. The zero-order valence-corrected chi connectivity index (χ0v) is 18.6. The summed E-state index contributed by atoms with van der Waals surface area (Å²) < 4.78 is 5.19. The molecule has 2 aromatic rings. The molecule has 2 atom stereocenters. The summed E-state index contributed by atoms with van der Waals surface area (Å²) in [5.41, 5.74) is 1.83. The number of hydrogen-bond donors (Lipinski definition) is 3. The lowest BCUT2D eigenvalue weighted by molar-refractivity contribution is 0.0926. The molecule has 0 bridgehead atoms. The minimum absolute atomic E-state index is 0.0301. The van der Waals surface area contributed by atoms with E-state index in [-0.39, 0.29) is 24.6 Å². The fraction of sp³-hybridized carbons (Fsp3) is 0.609. The molecule has 3 rings (SSSR count). The van der Waals surface area contributed by atoms with E-state index in [1.54, 1.807) is 25.4 Å². The van der Waals surface area contributed by atoms with Crippen molar-refractivity contribution in [2.24, 2.45) is 5.92 Å². The molecule has 0 spiro atoms. The second-order valence-corrected chi connectivity index (χ2v) is 8.23. The van der Waals surface area contributed by atoms with E-state index in [0.29, 0.717) is 22.6 Å². The Hall–Kier alpha value is -2.45. The smallest absolute Gasteiger partial charge is 0.319 e. The lowest BCUT2D eigenvalue weighted by Gasteiger charge is -2.38. The van der Waals surface area contributed by atoms with E-state index in [4.69, 9.17) is 4.74 Å². The summed E-state index contributed by atoms with van der Waals surface area (Å²) in [6.45, 7) is 5.10. The van der Waals surface area contributed by atoms with Crippen LogP contribution in [0.15, 0.2) is 24.4 Å². The van der Waals surface area contributed by atoms with Gasteiger partial charge in [0, 0.05) is 43.9 Å². The first-order chi connectivity index (χ1) is 15.1. The molecule has 2 aromatic heterocycles. The topological polar surface area (TPSA) is 99.6 Å². The number of ether oxygens (including phenoxy) is 1. The second kappa shape index (κ2) is 11.8. The van der Waals surface area contributed by atoms with Crippen LogP contribution in [0, 0.1) is 5.92 Å². The van der Waals surface area contributed by atoms with E-state index in [1.165, 1.54) is 32.1 Å². The van der Waals surface area contributed by atoms with Gasteiger partial charge < -0.3 is 25.4 Å². The van der Waals surface area contributed by atoms with Gasteiger partial charge in [-0.1, -0.05) is 32.6 Å². The van der Waals surface area contributed by atoms with Gasteiger partial charge in [-0.3, -0.25) is 4.98 Å². The number of carbonyl (C=O) groups excluding carboxylic acids is 1. The average molecular weight is 430 g/mol. The molecule has 1 aliphatic rings. The Bertz CT molecular complexity index is 847. The number of piperidine rings is 1. The summed E-state index contributed by atoms with van der Waals surface area (Å²) in [5, 5.41) is 15.8. The quantitative estimate of drug-likeness (QED) is 0.501. The van der Waals surface area contributed by atoms with Crippen molar-refractivity contribution in [1.29, 1.82) is 0 Å². The van der Waals surface area contributed by atoms with Gasteiger partial charge in [0.15, 0.2) is 0 Å². The van der Waals surface area contributed by atoms with Crippen molar-refractivity contribution in [3.63, 3.8) is 0 Å². The van der Waals surface area contributed by atoms with Crippen LogP contribution in [-0.4, -0.2) is 65.4 Å². The number of hydrogen-bond acceptors (Lipinski definition) is 6. The van der Waals surface area contributed by atoms with E-state index in [1.807, 2.05) is 6.07 Å². The molecule has 3 N–H and O–H groups in total. The number of aliphatic hydroxyl groups excluding tert-OH is 1. The van der Waals surface area contributed by atoms with Crippen molar-refractivity contribution in [2.45, 2.75) is 51.5 Å². The molecule has 3 heterocycles. The van der Waals surface area contributed by atoms with Gasteiger partial charge in [0.2, 0.25) is 5.88 Å². The number of fused-ring (bicyclic) bond motifs is 1. The molecule has 1 aliphatic heterocycles. The van der Waals surface area contributed by atoms with Crippen LogP contribution < -0.4 is 15.4 Å². The van der Waals surface area contributed by atoms with Crippen molar-refractivity contribution in [2.75, 3.05) is 38.7 Å². The maximum absolute atomic E-state index is 12.7. The number of rotatable bonds is 10. The molecule has 8 heteroatoms. The molecule has 2 amide bonds. The highest BCUT2D eigenvalue weighted by Crippen LogP contribution is 2.23. The molecule has 0 unspecified atom stereocenters. The molecule has 1 saturated heterocycles. The molecule has 0 aromatic carbocycles. The molecular formula is C23H35N5O3. The third kappa shape index (κ3) is 6.51. The van der Waals surface area contributed by atoms with Crippen LogP contribution in [0.4, 0.5) is 10.5 Å². The van der Waals surface area contributed by atoms with Crippen molar-refractivity contribution >= 4 is 22.8 Å². The van der Waals surface area contributed by atoms with Gasteiger partial charge in [-0.2, -0.15) is 0 Å². The molecule has 170 valence electrons. The third-order valence-corrected chi connectivity index (χ3v) is 5.96. The highest BCUT2D eigenvalue weighted by molar-refractivity contribution is 5.98. The Kier molecular flexibility index (Phi) is 8.85. The summed E-state index contributed by atoms with van der Waals surface area (Å²) in [4.78, 5) is 23.8. The first-order valence-electron chi connectivity index (χ1n) is 11.3. The monoisotopic (exact) mass is 429 g/mol. The van der Waals surface area contributed by atoms with Crippen molar-refractivity contribution in [3.05, 3.63) is 24.4 Å². The predicted octanol–water partition coefficient (Wildman–Crippen LogP) is 3.41. The first kappa shape index (κ1) is 23.2. The third-order valence-electron chi connectivity index (χ3n) is 5.96. The number of methoxy groups -OCH3 is 1. The number of nitrogens with one attached hydrogen (secondary N) is 2. The molecule has 1 fully saturated rings. The van der Waals surface area contributed by atoms with Crippen LogP contribution >= 0.6 is 0 Å². The molecule has 0 aliphatic carbocycles. The number of anilines is 1. The number of likely N-dealkylation sites (tertiary alicyclic amines) is 1. The molecule has 0 radical (unpaired) electrons. The Morgan fingerprint density at radius 3 is 2.87 bits per heavy atom. The Morgan fingerprint density at radius 1 is 1.26 bits per heavy atom. The predicted molar refractivity (Wildman–Crippen MR) is 122 cm³/mol. The van der Waals surface area contributed by atoms with E-state index in [0.717, 1.165) is 26.1 Å². The summed E-state index contributed by atoms with van der Waals surface area (Å²) >= 11 is 0. The average Bonchev–Trinajstić information content (AvgIpc) is 2.79. The minimum Gasteiger partial charge on any atom is -0.481 e. The minimum atomic E-state index is -0.298. The molecule has 8 nitrogen and oxygen atoms in total. The number of urea groups is 1. The second-order valence-electron chi connectivity index (χ2n) is 8.23. The number of pyridine rings is 2. The summed E-state index contributed by atoms with van der Waals surface area (Å²) in [6, 6.07) is 4.91. The van der Waals surface area contributed by atoms with Crippen LogP contribution in [-0.2, 0) is 0 Å². The van der Waals surface area contributed by atoms with Gasteiger partial charge in [0.1, 0.15) is 5.52 Å². The van der Waals surface area contributed by atoms with Crippen LogP contribution in [0.2, 0.25) is 0 Å². The van der Waals surface area contributed by atoms with E-state index >= 15 is 0 Å². The van der Waals surface area contributed by atoms with Gasteiger partial charge in [-0.05, 0) is 31.5 Å². The normalized spacial score (nSPS) is 19.3. The Labute approximate surface area is 184 Å². The number of unbranched alkanes of at least 4 members (excludes halogenated alkanes) is 4. The highest BCUT2D eigenvalue weighted by atomic mass is 16.5. The Balaban J connectivity index is 1.54. The van der Waals surface area contributed by atoms with Gasteiger partial charge >= 0.3 is 6.03 Å². The standard InChI is InChI=1S/C23H35N5O3/c1-3-4-5-6-7-13-28-14-11-18(17(15-28)16-29)25-23(30)26-20-10-12-24-19-8-9-21(31-2)27-22(19)20/h8-10,12,17-18,29H,3-7,11,13-16H2,1-2H3,(H2,24,25,26,30)/t17-,18-/m0/s1. The lowest BCUT2D eigenvalue weighted by Crippen LogP contribution is -2.53. The zero-order valence-electron chi connectivity index (χ0n) is 18.6. The van der Waals surface area contributed by atoms with Gasteiger partial charge in [-0.25, -0.2) is 9.78 Å². The number of nitrogens with zero attached hydrogens (tertiary/aromatic N) is 3. The maximum atomic E-state index is 12.7. The first-order valence-corrected chi connectivity index (χ1v) is 11.3. The van der Waals surface area contributed by atoms with Crippen molar-refractivity contribution in [3.8, 4) is 5.88 Å². The fourth-order valence-electron chi connectivity index (χ4n) is 4.17. The van der Waals surface area contributed by atoms with Gasteiger partial charge in [0.25, 0.3) is 0 Å². The van der Waals surface area contributed by atoms with Crippen molar-refractivity contribution in [1.82, 2.24) is 20.2 Å². The lowest BCUT2D eigenvalue weighted by atomic mass is 9.92.